The zero-order valence-corrected chi connectivity index (χ0v) is 14.3. The van der Waals surface area contributed by atoms with E-state index in [4.69, 9.17) is 11.6 Å². The molecule has 0 aliphatic carbocycles. The van der Waals surface area contributed by atoms with Crippen LogP contribution in [-0.2, 0) is 6.54 Å². The van der Waals surface area contributed by atoms with Gasteiger partial charge >= 0.3 is 0 Å². The number of piperidine rings is 1. The Hall–Kier alpha value is -0.0900. The van der Waals surface area contributed by atoms with Gasteiger partial charge in [0.25, 0.3) is 0 Å². The van der Waals surface area contributed by atoms with Crippen molar-refractivity contribution in [2.24, 2.45) is 5.41 Å². The molecule has 1 fully saturated rings. The van der Waals surface area contributed by atoms with Crippen molar-refractivity contribution in [2.75, 3.05) is 26.2 Å². The quantitative estimate of drug-likeness (QED) is 0.751. The Morgan fingerprint density at radius 3 is 2.50 bits per heavy atom. The van der Waals surface area contributed by atoms with Gasteiger partial charge in [-0.3, -0.25) is 0 Å². The predicted octanol–water partition coefficient (Wildman–Crippen LogP) is 4.39. The van der Waals surface area contributed by atoms with Crippen LogP contribution >= 0.6 is 22.9 Å². The lowest BCUT2D eigenvalue weighted by atomic mass is 9.74. The highest BCUT2D eigenvalue weighted by Crippen LogP contribution is 2.37. The molecule has 2 rings (SSSR count). The fourth-order valence-electron chi connectivity index (χ4n) is 3.10. The van der Waals surface area contributed by atoms with Crippen molar-refractivity contribution in [3.63, 3.8) is 0 Å². The van der Waals surface area contributed by atoms with Gasteiger partial charge in [0.15, 0.2) is 0 Å². The molecule has 0 aromatic carbocycles. The summed E-state index contributed by atoms with van der Waals surface area (Å²) in [5.74, 6) is 0. The van der Waals surface area contributed by atoms with E-state index in [1.807, 2.05) is 6.07 Å². The van der Waals surface area contributed by atoms with Gasteiger partial charge in [-0.1, -0.05) is 38.3 Å². The molecule has 1 N–H and O–H groups in total. The summed E-state index contributed by atoms with van der Waals surface area (Å²) in [6.45, 7) is 10.4. The van der Waals surface area contributed by atoms with Crippen LogP contribution in [0.1, 0.15) is 44.4 Å². The molecule has 2 nitrogen and oxygen atoms in total. The van der Waals surface area contributed by atoms with E-state index in [0.29, 0.717) is 5.41 Å². The summed E-state index contributed by atoms with van der Waals surface area (Å²) in [5.41, 5.74) is 0.637. The number of rotatable bonds is 7. The molecule has 1 aliphatic rings. The monoisotopic (exact) mass is 314 g/mol. The predicted molar refractivity (Wildman–Crippen MR) is 89.7 cm³/mol. The van der Waals surface area contributed by atoms with E-state index in [9.17, 15) is 0 Å². The number of nitrogens with zero attached hydrogens (tertiary/aromatic N) is 1. The standard InChI is InChI=1S/C16H27ClN2S/c1-3-16(4-2)7-10-19(11-8-16)12-9-18-13-14-5-6-15(17)20-14/h5-6,18H,3-4,7-13H2,1-2H3. The van der Waals surface area contributed by atoms with Crippen molar-refractivity contribution in [1.29, 1.82) is 0 Å². The molecule has 1 aromatic rings. The van der Waals surface area contributed by atoms with Crippen LogP contribution in [0.2, 0.25) is 4.34 Å². The highest BCUT2D eigenvalue weighted by Gasteiger charge is 2.30. The van der Waals surface area contributed by atoms with Gasteiger partial charge in [-0.25, -0.2) is 0 Å². The van der Waals surface area contributed by atoms with Crippen molar-refractivity contribution >= 4 is 22.9 Å². The smallest absolute Gasteiger partial charge is 0.0931 e. The first-order chi connectivity index (χ1) is 9.67. The molecular formula is C16H27ClN2S. The second-order valence-corrected chi connectivity index (χ2v) is 7.73. The largest absolute Gasteiger partial charge is 0.311 e. The second-order valence-electron chi connectivity index (χ2n) is 5.93. The van der Waals surface area contributed by atoms with E-state index < -0.39 is 0 Å². The lowest BCUT2D eigenvalue weighted by molar-refractivity contribution is 0.0960. The third-order valence-corrected chi connectivity index (χ3v) is 6.18. The maximum Gasteiger partial charge on any atom is 0.0931 e. The Balaban J connectivity index is 1.61. The number of nitrogens with one attached hydrogen (secondary N) is 1. The minimum absolute atomic E-state index is 0.637. The third kappa shape index (κ3) is 4.45. The molecule has 0 bridgehead atoms. The van der Waals surface area contributed by atoms with Crippen molar-refractivity contribution < 1.29 is 0 Å². The Labute approximate surface area is 132 Å². The van der Waals surface area contributed by atoms with Gasteiger partial charge in [0.05, 0.1) is 4.34 Å². The van der Waals surface area contributed by atoms with E-state index in [0.717, 1.165) is 17.4 Å². The van der Waals surface area contributed by atoms with Crippen LogP contribution in [0.15, 0.2) is 12.1 Å². The zero-order chi connectivity index (χ0) is 14.4. The maximum atomic E-state index is 5.93. The summed E-state index contributed by atoms with van der Waals surface area (Å²) < 4.78 is 0.883. The van der Waals surface area contributed by atoms with Crippen molar-refractivity contribution in [2.45, 2.75) is 46.1 Å². The summed E-state index contributed by atoms with van der Waals surface area (Å²) in [7, 11) is 0. The zero-order valence-electron chi connectivity index (χ0n) is 12.8. The topological polar surface area (TPSA) is 15.3 Å². The van der Waals surface area contributed by atoms with Crippen LogP contribution in [0.5, 0.6) is 0 Å². The minimum Gasteiger partial charge on any atom is -0.311 e. The Morgan fingerprint density at radius 1 is 1.25 bits per heavy atom. The fourth-order valence-corrected chi connectivity index (χ4v) is 4.16. The molecule has 0 radical (unpaired) electrons. The van der Waals surface area contributed by atoms with Gasteiger partial charge in [-0.05, 0) is 43.5 Å². The van der Waals surface area contributed by atoms with Crippen LogP contribution in [0.4, 0.5) is 0 Å². The highest BCUT2D eigenvalue weighted by molar-refractivity contribution is 7.16. The molecule has 4 heteroatoms. The van der Waals surface area contributed by atoms with E-state index in [-0.39, 0.29) is 0 Å². The summed E-state index contributed by atoms with van der Waals surface area (Å²) in [4.78, 5) is 3.93. The first-order valence-electron chi connectivity index (χ1n) is 7.85. The van der Waals surface area contributed by atoms with Crippen LogP contribution in [0.3, 0.4) is 0 Å². The molecule has 1 aliphatic heterocycles. The van der Waals surface area contributed by atoms with Crippen molar-refractivity contribution in [3.8, 4) is 0 Å². The van der Waals surface area contributed by atoms with Gasteiger partial charge in [-0.15, -0.1) is 11.3 Å². The Kier molecular flexibility index (Phi) is 6.34. The average Bonchev–Trinajstić information content (AvgIpc) is 2.90. The van der Waals surface area contributed by atoms with Crippen LogP contribution < -0.4 is 5.32 Å². The molecule has 20 heavy (non-hydrogen) atoms. The van der Waals surface area contributed by atoms with E-state index in [1.165, 1.54) is 50.2 Å². The molecule has 0 spiro atoms. The third-order valence-electron chi connectivity index (χ3n) is 4.95. The molecule has 0 saturated carbocycles. The van der Waals surface area contributed by atoms with Gasteiger partial charge in [-0.2, -0.15) is 0 Å². The molecular weight excluding hydrogens is 288 g/mol. The first kappa shape index (κ1) is 16.3. The summed E-state index contributed by atoms with van der Waals surface area (Å²) in [5, 5.41) is 3.52. The Morgan fingerprint density at radius 2 is 1.95 bits per heavy atom. The molecule has 1 saturated heterocycles. The van der Waals surface area contributed by atoms with Gasteiger partial charge < -0.3 is 10.2 Å². The lowest BCUT2D eigenvalue weighted by Gasteiger charge is -2.41. The maximum absolute atomic E-state index is 5.93. The average molecular weight is 315 g/mol. The fraction of sp³-hybridized carbons (Fsp3) is 0.750. The molecule has 114 valence electrons. The van der Waals surface area contributed by atoms with Crippen LogP contribution in [-0.4, -0.2) is 31.1 Å². The summed E-state index contributed by atoms with van der Waals surface area (Å²) in [6.07, 6.45) is 5.44. The van der Waals surface area contributed by atoms with E-state index in [1.54, 1.807) is 11.3 Å². The number of hydrogen-bond acceptors (Lipinski definition) is 3. The normalized spacial score (nSPS) is 19.4. The summed E-state index contributed by atoms with van der Waals surface area (Å²) in [6, 6.07) is 4.08. The molecule has 2 heterocycles. The van der Waals surface area contributed by atoms with Gasteiger partial charge in [0.2, 0.25) is 0 Å². The van der Waals surface area contributed by atoms with E-state index in [2.05, 4.69) is 30.1 Å². The van der Waals surface area contributed by atoms with Crippen LogP contribution in [0.25, 0.3) is 0 Å². The highest BCUT2D eigenvalue weighted by atomic mass is 35.5. The van der Waals surface area contributed by atoms with Crippen LogP contribution in [0, 0.1) is 5.41 Å². The number of halogens is 1. The molecule has 0 atom stereocenters. The number of thiophene rings is 1. The van der Waals surface area contributed by atoms with Crippen molar-refractivity contribution in [1.82, 2.24) is 10.2 Å². The van der Waals surface area contributed by atoms with E-state index >= 15 is 0 Å². The number of hydrogen-bond donors (Lipinski definition) is 1. The number of likely N-dealkylation sites (tertiary alicyclic amines) is 1. The SMILES string of the molecule is CCC1(CC)CCN(CCNCc2ccc(Cl)s2)CC1. The first-order valence-corrected chi connectivity index (χ1v) is 9.04. The van der Waals surface area contributed by atoms with Gasteiger partial charge in [0.1, 0.15) is 0 Å². The Bertz CT molecular complexity index is 391. The van der Waals surface area contributed by atoms with Gasteiger partial charge in [0, 0.05) is 24.5 Å². The minimum atomic E-state index is 0.637. The summed E-state index contributed by atoms with van der Waals surface area (Å²) >= 11 is 7.60. The molecule has 0 amide bonds. The molecule has 1 aromatic heterocycles. The molecule has 0 unspecified atom stereocenters. The lowest BCUT2D eigenvalue weighted by Crippen LogP contribution is -2.42. The second kappa shape index (κ2) is 7.79. The van der Waals surface area contributed by atoms with Crippen molar-refractivity contribution in [3.05, 3.63) is 21.3 Å².